The van der Waals surface area contributed by atoms with Crippen LogP contribution in [0.15, 0.2) is 53.6 Å². The molecule has 2 amide bonds. The summed E-state index contributed by atoms with van der Waals surface area (Å²) in [5.74, 6) is -2.26. The topological polar surface area (TPSA) is 70.1 Å². The molecule has 3 aliphatic rings. The second-order valence-electron chi connectivity index (χ2n) is 7.46. The largest absolute Gasteiger partial charge is 0.292 e. The number of ketones is 1. The highest BCUT2D eigenvalue weighted by Crippen LogP contribution is 2.52. The standard InChI is InChI=1S/C22H18ClN3O3/c1-2-25-21(28)16-17(22(25)29)19(20(27)14-9-5-6-10-15(14)23)26-18(16)13-8-4-3-7-12(13)11-24-26/h3-11,16-19H,2H2,1H3/t16-,17+,18-,19-/m0/s1. The van der Waals surface area contributed by atoms with E-state index in [1.54, 1.807) is 42.4 Å². The van der Waals surface area contributed by atoms with E-state index in [1.165, 1.54) is 4.90 Å². The van der Waals surface area contributed by atoms with Crippen LogP contribution in [-0.2, 0) is 9.59 Å². The summed E-state index contributed by atoms with van der Waals surface area (Å²) < 4.78 is 0. The lowest BCUT2D eigenvalue weighted by Gasteiger charge is -2.33. The first-order chi connectivity index (χ1) is 14.0. The molecule has 6 nitrogen and oxygen atoms in total. The number of Topliss-reactive ketones (excluding diaryl/α,β-unsaturated/α-hetero) is 1. The van der Waals surface area contributed by atoms with Crippen molar-refractivity contribution < 1.29 is 14.4 Å². The Labute approximate surface area is 172 Å². The number of benzene rings is 2. The average Bonchev–Trinajstić information content (AvgIpc) is 3.20. The zero-order valence-corrected chi connectivity index (χ0v) is 16.4. The fourth-order valence-corrected chi connectivity index (χ4v) is 5.09. The molecule has 2 saturated heterocycles. The van der Waals surface area contributed by atoms with Crippen LogP contribution >= 0.6 is 11.6 Å². The molecule has 2 fully saturated rings. The molecule has 29 heavy (non-hydrogen) atoms. The van der Waals surface area contributed by atoms with Crippen molar-refractivity contribution in [1.82, 2.24) is 9.91 Å². The van der Waals surface area contributed by atoms with Crippen molar-refractivity contribution >= 4 is 35.4 Å². The zero-order valence-electron chi connectivity index (χ0n) is 15.7. The number of nitrogens with zero attached hydrogens (tertiary/aromatic N) is 3. The molecule has 0 saturated carbocycles. The third-order valence-electron chi connectivity index (χ3n) is 6.11. The van der Waals surface area contributed by atoms with Gasteiger partial charge in [-0.15, -0.1) is 0 Å². The highest BCUT2D eigenvalue weighted by Gasteiger charge is 2.64. The predicted octanol–water partition coefficient (Wildman–Crippen LogP) is 2.92. The SMILES string of the molecule is CCN1C(=O)[C@@H]2[C@H](C1=O)[C@@H]1c3ccccc3C=NN1[C@@H]2C(=O)c1ccccc1Cl. The molecule has 146 valence electrons. The van der Waals surface area contributed by atoms with E-state index < -0.39 is 23.9 Å². The van der Waals surface area contributed by atoms with Gasteiger partial charge in [0.05, 0.1) is 29.1 Å². The number of hydrogen-bond acceptors (Lipinski definition) is 5. The van der Waals surface area contributed by atoms with Gasteiger partial charge >= 0.3 is 0 Å². The molecule has 3 heterocycles. The normalized spacial score (nSPS) is 27.1. The maximum Gasteiger partial charge on any atom is 0.235 e. The van der Waals surface area contributed by atoms with Crippen LogP contribution in [-0.4, -0.2) is 46.3 Å². The zero-order chi connectivity index (χ0) is 20.3. The quantitative estimate of drug-likeness (QED) is 0.579. The van der Waals surface area contributed by atoms with Gasteiger partial charge in [0.2, 0.25) is 11.8 Å². The number of hydrazone groups is 1. The molecule has 7 heteroatoms. The number of rotatable bonds is 3. The summed E-state index contributed by atoms with van der Waals surface area (Å²) in [5.41, 5.74) is 2.14. The highest BCUT2D eigenvalue weighted by atomic mass is 35.5. The Bertz CT molecular complexity index is 1080. The molecule has 2 aromatic rings. The van der Waals surface area contributed by atoms with Gasteiger partial charge in [-0.25, -0.2) is 0 Å². The molecule has 0 bridgehead atoms. The molecule has 0 aromatic heterocycles. The van der Waals surface area contributed by atoms with Gasteiger partial charge in [-0.1, -0.05) is 48.0 Å². The van der Waals surface area contributed by atoms with E-state index in [-0.39, 0.29) is 24.1 Å². The van der Waals surface area contributed by atoms with E-state index in [4.69, 9.17) is 11.6 Å². The minimum atomic E-state index is -0.873. The molecule has 5 rings (SSSR count). The van der Waals surface area contributed by atoms with Crippen molar-refractivity contribution in [1.29, 1.82) is 0 Å². The van der Waals surface area contributed by atoms with Gasteiger partial charge in [-0.3, -0.25) is 24.3 Å². The van der Waals surface area contributed by atoms with Gasteiger partial charge in [0, 0.05) is 12.1 Å². The lowest BCUT2D eigenvalue weighted by atomic mass is 9.83. The third kappa shape index (κ3) is 2.42. The summed E-state index contributed by atoms with van der Waals surface area (Å²) in [4.78, 5) is 41.1. The Morgan fingerprint density at radius 3 is 2.48 bits per heavy atom. The fraction of sp³-hybridized carbons (Fsp3) is 0.273. The number of amides is 2. The summed E-state index contributed by atoms with van der Waals surface area (Å²) in [7, 11) is 0. The lowest BCUT2D eigenvalue weighted by molar-refractivity contribution is -0.141. The smallest absolute Gasteiger partial charge is 0.235 e. The number of fused-ring (bicyclic) bond motifs is 5. The molecule has 4 atom stereocenters. The van der Waals surface area contributed by atoms with E-state index in [1.807, 2.05) is 24.3 Å². The van der Waals surface area contributed by atoms with Crippen LogP contribution in [0.25, 0.3) is 0 Å². The van der Waals surface area contributed by atoms with E-state index in [2.05, 4.69) is 5.10 Å². The van der Waals surface area contributed by atoms with Gasteiger partial charge in [-0.2, -0.15) is 5.10 Å². The van der Waals surface area contributed by atoms with Crippen LogP contribution < -0.4 is 0 Å². The summed E-state index contributed by atoms with van der Waals surface area (Å²) in [5, 5.41) is 6.48. The minimum Gasteiger partial charge on any atom is -0.292 e. The van der Waals surface area contributed by atoms with Gasteiger partial charge in [-0.05, 0) is 30.2 Å². The van der Waals surface area contributed by atoms with Crippen LogP contribution in [0.5, 0.6) is 0 Å². The second-order valence-corrected chi connectivity index (χ2v) is 7.87. The van der Waals surface area contributed by atoms with Crippen molar-refractivity contribution in [2.75, 3.05) is 6.54 Å². The van der Waals surface area contributed by atoms with E-state index in [0.29, 0.717) is 10.6 Å². The molecule has 3 aliphatic heterocycles. The van der Waals surface area contributed by atoms with Gasteiger partial charge in [0.25, 0.3) is 0 Å². The number of carbonyl (C=O) groups is 3. The maximum atomic E-state index is 13.5. The molecule has 0 radical (unpaired) electrons. The van der Waals surface area contributed by atoms with E-state index in [9.17, 15) is 14.4 Å². The maximum absolute atomic E-state index is 13.5. The Morgan fingerprint density at radius 2 is 1.72 bits per heavy atom. The molecule has 0 N–H and O–H groups in total. The first-order valence-electron chi connectivity index (χ1n) is 9.59. The number of hydrogen-bond donors (Lipinski definition) is 0. The molecule has 0 spiro atoms. The number of imide groups is 1. The first kappa shape index (κ1) is 18.1. The summed E-state index contributed by atoms with van der Waals surface area (Å²) in [6.07, 6.45) is 1.69. The minimum absolute atomic E-state index is 0.237. The Morgan fingerprint density at radius 1 is 1.03 bits per heavy atom. The Kier molecular flexibility index (Phi) is 4.06. The Balaban J connectivity index is 1.68. The van der Waals surface area contributed by atoms with Gasteiger partial charge in [0.1, 0.15) is 6.04 Å². The van der Waals surface area contributed by atoms with Crippen LogP contribution in [0.4, 0.5) is 0 Å². The molecule has 0 unspecified atom stereocenters. The van der Waals surface area contributed by atoms with E-state index in [0.717, 1.165) is 11.1 Å². The van der Waals surface area contributed by atoms with Gasteiger partial charge in [0.15, 0.2) is 5.78 Å². The fourth-order valence-electron chi connectivity index (χ4n) is 4.86. The van der Waals surface area contributed by atoms with Crippen molar-refractivity contribution in [2.24, 2.45) is 16.9 Å². The van der Waals surface area contributed by atoms with Crippen molar-refractivity contribution in [3.63, 3.8) is 0 Å². The number of carbonyl (C=O) groups excluding carboxylic acids is 3. The number of halogens is 1. The third-order valence-corrected chi connectivity index (χ3v) is 6.44. The van der Waals surface area contributed by atoms with Crippen LogP contribution in [0.1, 0.15) is 34.5 Å². The summed E-state index contributed by atoms with van der Waals surface area (Å²) in [6.45, 7) is 2.06. The molecule has 0 aliphatic carbocycles. The molecular formula is C22H18ClN3O3. The van der Waals surface area contributed by atoms with Crippen LogP contribution in [0, 0.1) is 11.8 Å². The first-order valence-corrected chi connectivity index (χ1v) is 9.97. The summed E-state index contributed by atoms with van der Waals surface area (Å²) >= 11 is 6.28. The van der Waals surface area contributed by atoms with Gasteiger partial charge < -0.3 is 0 Å². The lowest BCUT2D eigenvalue weighted by Crippen LogP contribution is -2.44. The molecule has 2 aromatic carbocycles. The number of likely N-dealkylation sites (tertiary alicyclic amines) is 1. The van der Waals surface area contributed by atoms with Crippen molar-refractivity contribution in [3.05, 3.63) is 70.2 Å². The van der Waals surface area contributed by atoms with Crippen molar-refractivity contribution in [3.8, 4) is 0 Å². The Hall–Kier alpha value is -2.99. The monoisotopic (exact) mass is 407 g/mol. The van der Waals surface area contributed by atoms with Crippen LogP contribution in [0.3, 0.4) is 0 Å². The molecular weight excluding hydrogens is 390 g/mol. The average molecular weight is 408 g/mol. The predicted molar refractivity (Wildman–Crippen MR) is 108 cm³/mol. The second kappa shape index (κ2) is 6.52. The summed E-state index contributed by atoms with van der Waals surface area (Å²) in [6, 6.07) is 13.1. The highest BCUT2D eigenvalue weighted by molar-refractivity contribution is 6.34. The van der Waals surface area contributed by atoms with Crippen molar-refractivity contribution in [2.45, 2.75) is 19.0 Å². The van der Waals surface area contributed by atoms with Crippen LogP contribution in [0.2, 0.25) is 5.02 Å². The van der Waals surface area contributed by atoms with E-state index >= 15 is 0 Å².